The maximum Gasteiger partial charge on any atom is 0.163 e. The van der Waals surface area contributed by atoms with Crippen LogP contribution in [-0.2, 0) is 25.6 Å². The second kappa shape index (κ2) is 5.56. The molecule has 0 spiro atoms. The average Bonchev–Trinajstić information content (AvgIpc) is 3.03. The summed E-state index contributed by atoms with van der Waals surface area (Å²) in [5, 5.41) is 0. The fraction of sp³-hybridized carbons (Fsp3) is 0.500. The third-order valence-electron chi connectivity index (χ3n) is 3.51. The largest absolute Gasteiger partial charge is 0.492 e. The number of hydrogen-bond donors (Lipinski definition) is 0. The summed E-state index contributed by atoms with van der Waals surface area (Å²) in [5.41, 5.74) is 1.15. The van der Waals surface area contributed by atoms with Gasteiger partial charge < -0.3 is 18.9 Å². The minimum Gasteiger partial charge on any atom is -0.492 e. The molecule has 0 bridgehead atoms. The first kappa shape index (κ1) is 13.6. The Morgan fingerprint density at radius 3 is 2.75 bits per heavy atom. The van der Waals surface area contributed by atoms with E-state index in [1.54, 1.807) is 6.26 Å². The van der Waals surface area contributed by atoms with Crippen LogP contribution in [0.1, 0.15) is 19.4 Å². The fourth-order valence-electron chi connectivity index (χ4n) is 2.49. The van der Waals surface area contributed by atoms with Crippen LogP contribution in [0.2, 0.25) is 0 Å². The standard InChI is InChI=1S/C16H20O4/c1-16(2)19-11-14(20-16)15-13(8-9-17-15)18-10-12-6-4-3-5-7-12/h3-9,13-15H,10-11H2,1-2H3/t13-,14+,15-/m1/s1. The zero-order chi connectivity index (χ0) is 14.0. The van der Waals surface area contributed by atoms with Gasteiger partial charge in [-0.25, -0.2) is 0 Å². The van der Waals surface area contributed by atoms with Gasteiger partial charge in [0.05, 0.1) is 19.5 Å². The highest BCUT2D eigenvalue weighted by atomic mass is 16.8. The first-order chi connectivity index (χ1) is 9.64. The first-order valence-electron chi connectivity index (χ1n) is 6.93. The third-order valence-corrected chi connectivity index (χ3v) is 3.51. The molecule has 3 rings (SSSR count). The van der Waals surface area contributed by atoms with Crippen molar-refractivity contribution in [1.82, 2.24) is 0 Å². The Morgan fingerprint density at radius 1 is 1.25 bits per heavy atom. The summed E-state index contributed by atoms with van der Waals surface area (Å²) in [7, 11) is 0. The molecule has 1 aromatic rings. The third kappa shape index (κ3) is 3.03. The predicted molar refractivity (Wildman–Crippen MR) is 73.9 cm³/mol. The summed E-state index contributed by atoms with van der Waals surface area (Å²) in [6.07, 6.45) is 3.29. The number of hydrogen-bond acceptors (Lipinski definition) is 4. The van der Waals surface area contributed by atoms with Crippen LogP contribution >= 0.6 is 0 Å². The van der Waals surface area contributed by atoms with Crippen molar-refractivity contribution in [2.24, 2.45) is 0 Å². The molecule has 2 heterocycles. The Kier molecular flexibility index (Phi) is 3.78. The predicted octanol–water partition coefficient (Wildman–Crippen LogP) is 2.64. The van der Waals surface area contributed by atoms with E-state index in [-0.39, 0.29) is 18.3 Å². The molecule has 3 atom stereocenters. The molecule has 0 unspecified atom stereocenters. The lowest BCUT2D eigenvalue weighted by Crippen LogP contribution is -2.39. The van der Waals surface area contributed by atoms with Crippen molar-refractivity contribution >= 4 is 0 Å². The van der Waals surface area contributed by atoms with Gasteiger partial charge in [-0.2, -0.15) is 0 Å². The molecule has 1 saturated heterocycles. The van der Waals surface area contributed by atoms with Crippen LogP contribution in [0.25, 0.3) is 0 Å². The summed E-state index contributed by atoms with van der Waals surface area (Å²) < 4.78 is 23.0. The molecule has 0 radical (unpaired) electrons. The van der Waals surface area contributed by atoms with Crippen molar-refractivity contribution in [1.29, 1.82) is 0 Å². The molecule has 1 fully saturated rings. The van der Waals surface area contributed by atoms with E-state index in [4.69, 9.17) is 18.9 Å². The molecule has 2 aliphatic rings. The molecule has 4 nitrogen and oxygen atoms in total. The molecule has 0 N–H and O–H groups in total. The van der Waals surface area contributed by atoms with E-state index >= 15 is 0 Å². The van der Waals surface area contributed by atoms with Gasteiger partial charge in [0.25, 0.3) is 0 Å². The zero-order valence-corrected chi connectivity index (χ0v) is 11.8. The van der Waals surface area contributed by atoms with E-state index in [1.165, 1.54) is 0 Å². The maximum absolute atomic E-state index is 5.93. The van der Waals surface area contributed by atoms with Crippen molar-refractivity contribution in [2.75, 3.05) is 6.61 Å². The van der Waals surface area contributed by atoms with Gasteiger partial charge in [-0.05, 0) is 25.5 Å². The molecule has 108 valence electrons. The molecule has 4 heteroatoms. The normalized spacial score (nSPS) is 31.4. The van der Waals surface area contributed by atoms with Crippen LogP contribution in [0.15, 0.2) is 42.7 Å². The minimum atomic E-state index is -0.541. The van der Waals surface area contributed by atoms with E-state index < -0.39 is 5.79 Å². The van der Waals surface area contributed by atoms with Gasteiger partial charge in [0.2, 0.25) is 0 Å². The van der Waals surface area contributed by atoms with Crippen molar-refractivity contribution in [2.45, 2.75) is 44.6 Å². The Bertz CT molecular complexity index is 469. The van der Waals surface area contributed by atoms with Crippen LogP contribution < -0.4 is 0 Å². The molecule has 2 aliphatic heterocycles. The van der Waals surface area contributed by atoms with Crippen LogP contribution in [0.4, 0.5) is 0 Å². The summed E-state index contributed by atoms with van der Waals surface area (Å²) in [6.45, 7) is 4.92. The minimum absolute atomic E-state index is 0.0965. The topological polar surface area (TPSA) is 36.9 Å². The maximum atomic E-state index is 5.93. The molecule has 0 aromatic heterocycles. The van der Waals surface area contributed by atoms with E-state index in [9.17, 15) is 0 Å². The second-order valence-electron chi connectivity index (χ2n) is 5.56. The highest BCUT2D eigenvalue weighted by molar-refractivity contribution is 5.14. The lowest BCUT2D eigenvalue weighted by atomic mass is 10.1. The SMILES string of the molecule is CC1(C)OC[C@@H]([C@@H]2OC=C[C@H]2OCc2ccccc2)O1. The highest BCUT2D eigenvalue weighted by Gasteiger charge is 2.42. The monoisotopic (exact) mass is 276 g/mol. The smallest absolute Gasteiger partial charge is 0.163 e. The molecule has 20 heavy (non-hydrogen) atoms. The molecule has 0 aliphatic carbocycles. The zero-order valence-electron chi connectivity index (χ0n) is 11.8. The molecular weight excluding hydrogens is 256 g/mol. The van der Waals surface area contributed by atoms with Crippen LogP contribution in [0.5, 0.6) is 0 Å². The fourth-order valence-corrected chi connectivity index (χ4v) is 2.49. The lowest BCUT2D eigenvalue weighted by molar-refractivity contribution is -0.159. The molecular formula is C16H20O4. The molecule has 0 amide bonds. The highest BCUT2D eigenvalue weighted by Crippen LogP contribution is 2.30. The number of rotatable bonds is 4. The van der Waals surface area contributed by atoms with Crippen molar-refractivity contribution in [3.63, 3.8) is 0 Å². The number of ether oxygens (including phenoxy) is 4. The van der Waals surface area contributed by atoms with Crippen LogP contribution in [-0.4, -0.2) is 30.7 Å². The van der Waals surface area contributed by atoms with Gasteiger partial charge in [-0.1, -0.05) is 30.3 Å². The van der Waals surface area contributed by atoms with Crippen LogP contribution in [0.3, 0.4) is 0 Å². The lowest BCUT2D eigenvalue weighted by Gasteiger charge is -2.25. The van der Waals surface area contributed by atoms with Gasteiger partial charge in [0.1, 0.15) is 12.2 Å². The van der Waals surface area contributed by atoms with E-state index in [1.807, 2.05) is 50.3 Å². The van der Waals surface area contributed by atoms with Gasteiger partial charge in [0.15, 0.2) is 11.9 Å². The Morgan fingerprint density at radius 2 is 2.05 bits per heavy atom. The van der Waals surface area contributed by atoms with Crippen molar-refractivity contribution in [3.8, 4) is 0 Å². The summed E-state index contributed by atoms with van der Waals surface area (Å²) in [4.78, 5) is 0. The first-order valence-corrected chi connectivity index (χ1v) is 6.93. The summed E-state index contributed by atoms with van der Waals surface area (Å²) in [5.74, 6) is -0.541. The average molecular weight is 276 g/mol. The Balaban J connectivity index is 1.57. The Labute approximate surface area is 119 Å². The molecule has 0 saturated carbocycles. The van der Waals surface area contributed by atoms with Crippen molar-refractivity contribution < 1.29 is 18.9 Å². The van der Waals surface area contributed by atoms with Gasteiger partial charge in [-0.15, -0.1) is 0 Å². The summed E-state index contributed by atoms with van der Waals surface area (Å²) >= 11 is 0. The van der Waals surface area contributed by atoms with E-state index in [0.29, 0.717) is 13.2 Å². The summed E-state index contributed by atoms with van der Waals surface area (Å²) in [6, 6.07) is 10.1. The molecule has 1 aromatic carbocycles. The quantitative estimate of drug-likeness (QED) is 0.847. The number of benzene rings is 1. The Hall–Kier alpha value is -1.36. The van der Waals surface area contributed by atoms with Gasteiger partial charge in [0, 0.05) is 0 Å². The van der Waals surface area contributed by atoms with E-state index in [0.717, 1.165) is 5.56 Å². The second-order valence-corrected chi connectivity index (χ2v) is 5.56. The van der Waals surface area contributed by atoms with E-state index in [2.05, 4.69) is 0 Å². The van der Waals surface area contributed by atoms with Crippen molar-refractivity contribution in [3.05, 3.63) is 48.2 Å². The van der Waals surface area contributed by atoms with Gasteiger partial charge >= 0.3 is 0 Å². The van der Waals surface area contributed by atoms with Gasteiger partial charge in [-0.3, -0.25) is 0 Å². The van der Waals surface area contributed by atoms with Crippen LogP contribution in [0, 0.1) is 0 Å².